The van der Waals surface area contributed by atoms with E-state index in [2.05, 4.69) is 45.1 Å². The second-order valence-corrected chi connectivity index (χ2v) is 5.54. The number of nitrogens with zero attached hydrogens (tertiary/aromatic N) is 4. The van der Waals surface area contributed by atoms with Crippen molar-refractivity contribution in [1.29, 1.82) is 0 Å². The van der Waals surface area contributed by atoms with Crippen molar-refractivity contribution in [3.05, 3.63) is 41.0 Å². The first-order valence-corrected chi connectivity index (χ1v) is 7.48. The largest absolute Gasteiger partial charge is 0.309 e. The van der Waals surface area contributed by atoms with Gasteiger partial charge in [-0.3, -0.25) is 4.68 Å². The Kier molecular flexibility index (Phi) is 3.75. The zero-order chi connectivity index (χ0) is 13.9. The predicted molar refractivity (Wildman–Crippen MR) is 80.7 cm³/mol. The Hall–Kier alpha value is -1.79. The molecule has 0 fully saturated rings. The first-order valence-electron chi connectivity index (χ1n) is 6.71. The van der Waals surface area contributed by atoms with Crippen LogP contribution in [0.3, 0.4) is 0 Å². The summed E-state index contributed by atoms with van der Waals surface area (Å²) in [6.07, 6.45) is 2.68. The van der Waals surface area contributed by atoms with E-state index in [-0.39, 0.29) is 6.04 Å². The first kappa shape index (κ1) is 13.2. The summed E-state index contributed by atoms with van der Waals surface area (Å²) in [5.41, 5.74) is 2.28. The maximum Gasteiger partial charge on any atom is 0.0722 e. The molecule has 0 spiro atoms. The van der Waals surface area contributed by atoms with Crippen molar-refractivity contribution in [3.8, 4) is 0 Å². The number of hydrogen-bond acceptors (Lipinski definition) is 5. The smallest absolute Gasteiger partial charge is 0.0722 e. The second kappa shape index (κ2) is 5.68. The molecular formula is C14H17N5S. The Labute approximate surface area is 121 Å². The summed E-state index contributed by atoms with van der Waals surface area (Å²) in [4.78, 5) is 1.15. The van der Waals surface area contributed by atoms with E-state index in [1.807, 2.05) is 24.0 Å². The summed E-state index contributed by atoms with van der Waals surface area (Å²) in [5, 5.41) is 13.3. The lowest BCUT2D eigenvalue weighted by atomic mass is 10.1. The van der Waals surface area contributed by atoms with Crippen molar-refractivity contribution in [2.24, 2.45) is 7.05 Å². The molecule has 0 amide bonds. The molecule has 6 heteroatoms. The first-order chi connectivity index (χ1) is 9.79. The van der Waals surface area contributed by atoms with Crippen LogP contribution in [0.4, 0.5) is 0 Å². The van der Waals surface area contributed by atoms with Crippen LogP contribution in [0.25, 0.3) is 10.9 Å². The van der Waals surface area contributed by atoms with E-state index in [9.17, 15) is 0 Å². The Balaban J connectivity index is 1.94. The standard InChI is InChI=1S/C14H17N5S/c1-3-15-12(14-9-16-18-20-14)8-11-10-6-4-5-7-13(10)19(2)17-11/h4-7,9,12,15H,3,8H2,1-2H3. The fourth-order valence-electron chi connectivity index (χ4n) is 2.48. The summed E-state index contributed by atoms with van der Waals surface area (Å²) in [7, 11) is 1.99. The molecule has 20 heavy (non-hydrogen) atoms. The fraction of sp³-hybridized carbons (Fsp3) is 0.357. The van der Waals surface area contributed by atoms with E-state index in [0.29, 0.717) is 0 Å². The lowest BCUT2D eigenvalue weighted by Crippen LogP contribution is -2.22. The van der Waals surface area contributed by atoms with Gasteiger partial charge in [-0.1, -0.05) is 29.6 Å². The minimum atomic E-state index is 0.221. The summed E-state index contributed by atoms with van der Waals surface area (Å²) >= 11 is 1.44. The lowest BCUT2D eigenvalue weighted by molar-refractivity contribution is 0.548. The van der Waals surface area contributed by atoms with Gasteiger partial charge in [0.25, 0.3) is 0 Å². The highest BCUT2D eigenvalue weighted by atomic mass is 32.1. The molecule has 2 aromatic heterocycles. The van der Waals surface area contributed by atoms with E-state index in [0.717, 1.165) is 23.5 Å². The van der Waals surface area contributed by atoms with Crippen LogP contribution >= 0.6 is 11.5 Å². The van der Waals surface area contributed by atoms with Crippen LogP contribution in [0, 0.1) is 0 Å². The van der Waals surface area contributed by atoms with Crippen molar-refractivity contribution in [3.63, 3.8) is 0 Å². The topological polar surface area (TPSA) is 55.6 Å². The molecular weight excluding hydrogens is 270 g/mol. The van der Waals surface area contributed by atoms with Crippen LogP contribution in [-0.2, 0) is 13.5 Å². The Morgan fingerprint density at radius 1 is 1.35 bits per heavy atom. The minimum Gasteiger partial charge on any atom is -0.309 e. The van der Waals surface area contributed by atoms with Crippen LogP contribution in [-0.4, -0.2) is 25.9 Å². The number of nitrogens with one attached hydrogen (secondary N) is 1. The fourth-order valence-corrected chi connectivity index (χ4v) is 3.06. The molecule has 104 valence electrons. The number of likely N-dealkylation sites (N-methyl/N-ethyl adjacent to an activating group) is 1. The lowest BCUT2D eigenvalue weighted by Gasteiger charge is -2.14. The van der Waals surface area contributed by atoms with E-state index in [1.54, 1.807) is 0 Å². The highest BCUT2D eigenvalue weighted by molar-refractivity contribution is 7.05. The average molecular weight is 287 g/mol. The van der Waals surface area contributed by atoms with Crippen LogP contribution in [0.2, 0.25) is 0 Å². The molecule has 5 nitrogen and oxygen atoms in total. The maximum absolute atomic E-state index is 4.66. The highest BCUT2D eigenvalue weighted by Gasteiger charge is 2.17. The van der Waals surface area contributed by atoms with Gasteiger partial charge in [0.15, 0.2) is 0 Å². The van der Waals surface area contributed by atoms with Gasteiger partial charge in [0.1, 0.15) is 0 Å². The molecule has 0 radical (unpaired) electrons. The summed E-state index contributed by atoms with van der Waals surface area (Å²) in [6, 6.07) is 8.55. The number of benzene rings is 1. The Morgan fingerprint density at radius 3 is 2.95 bits per heavy atom. The molecule has 1 N–H and O–H groups in total. The summed E-state index contributed by atoms with van der Waals surface area (Å²) in [6.45, 7) is 3.02. The van der Waals surface area contributed by atoms with Crippen LogP contribution in [0.1, 0.15) is 23.5 Å². The second-order valence-electron chi connectivity index (χ2n) is 4.72. The van der Waals surface area contributed by atoms with Crippen molar-refractivity contribution in [2.75, 3.05) is 6.54 Å². The molecule has 0 bridgehead atoms. The third-order valence-corrected chi connectivity index (χ3v) is 4.18. The zero-order valence-electron chi connectivity index (χ0n) is 11.6. The maximum atomic E-state index is 4.66. The van der Waals surface area contributed by atoms with Crippen molar-refractivity contribution in [1.82, 2.24) is 24.7 Å². The quantitative estimate of drug-likeness (QED) is 0.782. The van der Waals surface area contributed by atoms with Gasteiger partial charge in [0.2, 0.25) is 0 Å². The number of fused-ring (bicyclic) bond motifs is 1. The average Bonchev–Trinajstić information content (AvgIpc) is 3.08. The molecule has 3 aromatic rings. The number of hydrogen-bond donors (Lipinski definition) is 1. The van der Waals surface area contributed by atoms with E-state index in [1.165, 1.54) is 22.4 Å². The number of rotatable bonds is 5. The van der Waals surface area contributed by atoms with Crippen LogP contribution < -0.4 is 5.32 Å². The van der Waals surface area contributed by atoms with Gasteiger partial charge in [-0.05, 0) is 24.1 Å². The van der Waals surface area contributed by atoms with Gasteiger partial charge in [-0.25, -0.2) is 0 Å². The normalized spacial score (nSPS) is 12.9. The Morgan fingerprint density at radius 2 is 2.20 bits per heavy atom. The molecule has 2 heterocycles. The van der Waals surface area contributed by atoms with Gasteiger partial charge in [0, 0.05) is 18.9 Å². The molecule has 0 saturated carbocycles. The van der Waals surface area contributed by atoms with Crippen molar-refractivity contribution < 1.29 is 0 Å². The van der Waals surface area contributed by atoms with Crippen molar-refractivity contribution in [2.45, 2.75) is 19.4 Å². The molecule has 0 aliphatic heterocycles. The van der Waals surface area contributed by atoms with Crippen molar-refractivity contribution >= 4 is 22.4 Å². The molecule has 3 rings (SSSR count). The third-order valence-electron chi connectivity index (χ3n) is 3.40. The SMILES string of the molecule is CCNC(Cc1nn(C)c2ccccc12)c1cnns1. The zero-order valence-corrected chi connectivity index (χ0v) is 12.4. The molecule has 1 unspecified atom stereocenters. The minimum absolute atomic E-state index is 0.221. The molecule has 1 aromatic carbocycles. The number of aromatic nitrogens is 4. The monoisotopic (exact) mass is 287 g/mol. The number of para-hydroxylation sites is 1. The van der Waals surface area contributed by atoms with E-state index >= 15 is 0 Å². The molecule has 0 saturated heterocycles. The van der Waals surface area contributed by atoms with Crippen LogP contribution in [0.15, 0.2) is 30.5 Å². The van der Waals surface area contributed by atoms with Gasteiger partial charge in [0.05, 0.1) is 28.3 Å². The van der Waals surface area contributed by atoms with Crippen LogP contribution in [0.5, 0.6) is 0 Å². The third kappa shape index (κ3) is 2.44. The molecule has 0 aliphatic carbocycles. The Bertz CT molecular complexity index is 689. The predicted octanol–water partition coefficient (Wildman–Crippen LogP) is 2.32. The van der Waals surface area contributed by atoms with Gasteiger partial charge in [-0.2, -0.15) is 5.10 Å². The van der Waals surface area contributed by atoms with Gasteiger partial charge < -0.3 is 5.32 Å². The molecule has 1 atom stereocenters. The number of aryl methyl sites for hydroxylation is 1. The van der Waals surface area contributed by atoms with E-state index < -0.39 is 0 Å². The summed E-state index contributed by atoms with van der Waals surface area (Å²) < 4.78 is 5.90. The van der Waals surface area contributed by atoms with Gasteiger partial charge >= 0.3 is 0 Å². The van der Waals surface area contributed by atoms with E-state index in [4.69, 9.17) is 0 Å². The highest BCUT2D eigenvalue weighted by Crippen LogP contribution is 2.24. The van der Waals surface area contributed by atoms with Gasteiger partial charge in [-0.15, -0.1) is 5.10 Å². The summed E-state index contributed by atoms with van der Waals surface area (Å²) in [5.74, 6) is 0. The molecule has 0 aliphatic rings.